The lowest BCUT2D eigenvalue weighted by molar-refractivity contribution is 0.627. The molecule has 0 aliphatic carbocycles. The van der Waals surface area contributed by atoms with Crippen LogP contribution in [0.1, 0.15) is 11.4 Å². The Kier molecular flexibility index (Phi) is 3.59. The second-order valence-corrected chi connectivity index (χ2v) is 4.59. The number of benzene rings is 1. The van der Waals surface area contributed by atoms with Gasteiger partial charge in [0.05, 0.1) is 12.4 Å². The quantitative estimate of drug-likeness (QED) is 0.800. The summed E-state index contributed by atoms with van der Waals surface area (Å²) in [7, 11) is 0. The fourth-order valence-electron chi connectivity index (χ4n) is 1.97. The van der Waals surface area contributed by atoms with E-state index in [9.17, 15) is 4.39 Å². The highest BCUT2D eigenvalue weighted by Gasteiger charge is 2.04. The van der Waals surface area contributed by atoms with Gasteiger partial charge in [0.25, 0.3) is 0 Å². The van der Waals surface area contributed by atoms with Crippen LogP contribution in [0.2, 0.25) is 0 Å². The number of anilines is 1. The van der Waals surface area contributed by atoms with E-state index in [1.54, 1.807) is 30.7 Å². The largest absolute Gasteiger partial charge is 0.365 e. The van der Waals surface area contributed by atoms with Crippen LogP contribution >= 0.6 is 0 Å². The molecule has 0 unspecified atom stereocenters. The molecule has 0 radical (unpaired) electrons. The Balaban J connectivity index is 1.74. The lowest BCUT2D eigenvalue weighted by Crippen LogP contribution is -2.05. The molecule has 0 amide bonds. The van der Waals surface area contributed by atoms with Crippen molar-refractivity contribution in [3.8, 4) is 5.82 Å². The Bertz CT molecular complexity index is 736. The van der Waals surface area contributed by atoms with Crippen molar-refractivity contribution in [2.24, 2.45) is 0 Å². The van der Waals surface area contributed by atoms with Gasteiger partial charge in [-0.3, -0.25) is 9.55 Å². The number of hydrogen-bond donors (Lipinski definition) is 1. The topological polar surface area (TPSA) is 55.6 Å². The molecule has 0 spiro atoms. The number of hydrogen-bond acceptors (Lipinski definition) is 4. The highest BCUT2D eigenvalue weighted by molar-refractivity contribution is 5.37. The molecule has 2 heterocycles. The van der Waals surface area contributed by atoms with Gasteiger partial charge in [-0.05, 0) is 24.6 Å². The summed E-state index contributed by atoms with van der Waals surface area (Å²) in [5.74, 6) is 1.97. The number of rotatable bonds is 4. The molecule has 2 aromatic heterocycles. The fraction of sp³-hybridized carbons (Fsp3) is 0.133. The third-order valence-corrected chi connectivity index (χ3v) is 3.08. The molecule has 0 bridgehead atoms. The molecule has 6 heteroatoms. The van der Waals surface area contributed by atoms with Gasteiger partial charge >= 0.3 is 0 Å². The van der Waals surface area contributed by atoms with Crippen molar-refractivity contribution in [3.05, 3.63) is 66.3 Å². The number of nitrogens with zero attached hydrogens (tertiary/aromatic N) is 4. The van der Waals surface area contributed by atoms with Crippen LogP contribution in [0.15, 0.2) is 49.1 Å². The van der Waals surface area contributed by atoms with Crippen molar-refractivity contribution in [1.82, 2.24) is 19.5 Å². The Morgan fingerprint density at radius 3 is 2.71 bits per heavy atom. The summed E-state index contributed by atoms with van der Waals surface area (Å²) in [4.78, 5) is 12.8. The van der Waals surface area contributed by atoms with E-state index < -0.39 is 0 Å². The van der Waals surface area contributed by atoms with Crippen LogP contribution in [0.4, 0.5) is 10.2 Å². The normalized spacial score (nSPS) is 10.6. The predicted octanol–water partition coefficient (Wildman–Crippen LogP) is 2.72. The maximum atomic E-state index is 12.8. The Morgan fingerprint density at radius 1 is 1.19 bits per heavy atom. The van der Waals surface area contributed by atoms with Crippen LogP contribution in [0.5, 0.6) is 0 Å². The fourth-order valence-corrected chi connectivity index (χ4v) is 1.97. The van der Waals surface area contributed by atoms with Crippen LogP contribution in [0.25, 0.3) is 5.82 Å². The van der Waals surface area contributed by atoms with E-state index in [0.29, 0.717) is 18.2 Å². The second-order valence-electron chi connectivity index (χ2n) is 4.59. The maximum absolute atomic E-state index is 12.8. The van der Waals surface area contributed by atoms with Crippen molar-refractivity contribution >= 4 is 5.82 Å². The molecule has 3 aromatic rings. The predicted molar refractivity (Wildman–Crippen MR) is 77.6 cm³/mol. The number of nitrogens with one attached hydrogen (secondary N) is 1. The number of halogens is 1. The first-order valence-electron chi connectivity index (χ1n) is 6.53. The van der Waals surface area contributed by atoms with E-state index in [1.165, 1.54) is 12.1 Å². The first-order valence-corrected chi connectivity index (χ1v) is 6.53. The van der Waals surface area contributed by atoms with E-state index >= 15 is 0 Å². The second kappa shape index (κ2) is 5.70. The Morgan fingerprint density at radius 2 is 2.00 bits per heavy atom. The van der Waals surface area contributed by atoms with E-state index in [0.717, 1.165) is 11.4 Å². The van der Waals surface area contributed by atoms with E-state index in [-0.39, 0.29) is 5.82 Å². The van der Waals surface area contributed by atoms with Gasteiger partial charge < -0.3 is 5.32 Å². The lowest BCUT2D eigenvalue weighted by Gasteiger charge is -2.08. The molecule has 0 fully saturated rings. The van der Waals surface area contributed by atoms with Gasteiger partial charge in [-0.15, -0.1) is 0 Å². The highest BCUT2D eigenvalue weighted by Crippen LogP contribution is 2.11. The van der Waals surface area contributed by atoms with Gasteiger partial charge in [0.15, 0.2) is 5.82 Å². The minimum Gasteiger partial charge on any atom is -0.365 e. The zero-order chi connectivity index (χ0) is 14.7. The average Bonchev–Trinajstić information content (AvgIpc) is 2.93. The SMILES string of the molecule is Cc1nccn1-c1cncc(NCc2ccc(F)cc2)n1. The molecule has 0 aliphatic heterocycles. The van der Waals surface area contributed by atoms with Gasteiger partial charge in [-0.2, -0.15) is 0 Å². The Hall–Kier alpha value is -2.76. The van der Waals surface area contributed by atoms with Crippen molar-refractivity contribution in [1.29, 1.82) is 0 Å². The molecule has 0 aliphatic rings. The number of aromatic nitrogens is 4. The molecule has 106 valence electrons. The molecule has 0 atom stereocenters. The van der Waals surface area contributed by atoms with Crippen LogP contribution in [-0.2, 0) is 6.54 Å². The van der Waals surface area contributed by atoms with Gasteiger partial charge in [-0.1, -0.05) is 12.1 Å². The summed E-state index contributed by atoms with van der Waals surface area (Å²) < 4.78 is 14.7. The molecule has 0 saturated carbocycles. The zero-order valence-electron chi connectivity index (χ0n) is 11.5. The smallest absolute Gasteiger partial charge is 0.159 e. The van der Waals surface area contributed by atoms with Gasteiger partial charge in [0, 0.05) is 18.9 Å². The van der Waals surface area contributed by atoms with Crippen molar-refractivity contribution in [2.45, 2.75) is 13.5 Å². The van der Waals surface area contributed by atoms with Crippen molar-refractivity contribution < 1.29 is 4.39 Å². The molecular weight excluding hydrogens is 269 g/mol. The molecule has 1 N–H and O–H groups in total. The lowest BCUT2D eigenvalue weighted by atomic mass is 10.2. The van der Waals surface area contributed by atoms with Crippen LogP contribution < -0.4 is 5.32 Å². The third kappa shape index (κ3) is 3.05. The summed E-state index contributed by atoms with van der Waals surface area (Å²) in [5, 5.41) is 3.17. The first-order chi connectivity index (χ1) is 10.2. The molecule has 5 nitrogen and oxygen atoms in total. The summed E-state index contributed by atoms with van der Waals surface area (Å²) >= 11 is 0. The van der Waals surface area contributed by atoms with Crippen LogP contribution in [0, 0.1) is 12.7 Å². The van der Waals surface area contributed by atoms with E-state index in [4.69, 9.17) is 0 Å². The summed E-state index contributed by atoms with van der Waals surface area (Å²) in [6.07, 6.45) is 6.88. The van der Waals surface area contributed by atoms with Crippen molar-refractivity contribution in [3.63, 3.8) is 0 Å². The van der Waals surface area contributed by atoms with Gasteiger partial charge in [0.1, 0.15) is 17.5 Å². The summed E-state index contributed by atoms with van der Waals surface area (Å²) in [5.41, 5.74) is 0.974. The first kappa shape index (κ1) is 13.2. The molecule has 1 aromatic carbocycles. The monoisotopic (exact) mass is 283 g/mol. The maximum Gasteiger partial charge on any atom is 0.159 e. The number of imidazole rings is 1. The highest BCUT2D eigenvalue weighted by atomic mass is 19.1. The Labute approximate surface area is 121 Å². The standard InChI is InChI=1S/C15H14FN5/c1-11-18-6-7-21(11)15-10-17-9-14(20-15)19-8-12-2-4-13(16)5-3-12/h2-7,9-10H,8H2,1H3,(H,19,20). The minimum atomic E-state index is -0.240. The zero-order valence-corrected chi connectivity index (χ0v) is 11.5. The van der Waals surface area contributed by atoms with E-state index in [2.05, 4.69) is 20.3 Å². The summed E-state index contributed by atoms with van der Waals surface area (Å²) in [6, 6.07) is 6.35. The van der Waals surface area contributed by atoms with Crippen molar-refractivity contribution in [2.75, 3.05) is 5.32 Å². The van der Waals surface area contributed by atoms with Gasteiger partial charge in [-0.25, -0.2) is 14.4 Å². The molecular formula is C15H14FN5. The molecule has 0 saturated heterocycles. The third-order valence-electron chi connectivity index (χ3n) is 3.08. The van der Waals surface area contributed by atoms with E-state index in [1.807, 2.05) is 17.7 Å². The minimum absolute atomic E-state index is 0.240. The number of aryl methyl sites for hydroxylation is 1. The average molecular weight is 283 g/mol. The molecule has 21 heavy (non-hydrogen) atoms. The van der Waals surface area contributed by atoms with Gasteiger partial charge in [0.2, 0.25) is 0 Å². The molecule has 3 rings (SSSR count). The summed E-state index contributed by atoms with van der Waals surface area (Å²) in [6.45, 7) is 2.46. The van der Waals surface area contributed by atoms with Crippen LogP contribution in [-0.4, -0.2) is 19.5 Å². The van der Waals surface area contributed by atoms with Crippen LogP contribution in [0.3, 0.4) is 0 Å².